The predicted molar refractivity (Wildman–Crippen MR) is 67.6 cm³/mol. The van der Waals surface area contributed by atoms with E-state index in [0.717, 1.165) is 19.1 Å². The van der Waals surface area contributed by atoms with Crippen LogP contribution in [0.5, 0.6) is 0 Å². The van der Waals surface area contributed by atoms with Gasteiger partial charge in [-0.25, -0.2) is 0 Å². The van der Waals surface area contributed by atoms with Crippen LogP contribution in [0.2, 0.25) is 0 Å². The summed E-state index contributed by atoms with van der Waals surface area (Å²) in [6.07, 6.45) is 11.9. The number of rotatable bonds is 4. The quantitative estimate of drug-likeness (QED) is 0.740. The number of hydrogen-bond acceptors (Lipinski definition) is 2. The van der Waals surface area contributed by atoms with Gasteiger partial charge in [0.15, 0.2) is 0 Å². The predicted octanol–water partition coefficient (Wildman–Crippen LogP) is 3.03. The third kappa shape index (κ3) is 3.91. The van der Waals surface area contributed by atoms with Crippen LogP contribution in [0.15, 0.2) is 11.6 Å². The molecule has 1 N–H and O–H groups in total. The zero-order chi connectivity index (χ0) is 11.2. The monoisotopic (exact) mass is 223 g/mol. The van der Waals surface area contributed by atoms with Gasteiger partial charge in [-0.15, -0.1) is 0 Å². The van der Waals surface area contributed by atoms with Gasteiger partial charge in [0.25, 0.3) is 0 Å². The van der Waals surface area contributed by atoms with E-state index < -0.39 is 0 Å². The Hall–Kier alpha value is -0.340. The smallest absolute Gasteiger partial charge is 0.0610 e. The largest absolute Gasteiger partial charge is 0.378 e. The fourth-order valence-corrected chi connectivity index (χ4v) is 2.73. The number of hydrogen-bond donors (Lipinski definition) is 1. The molecule has 0 bridgehead atoms. The molecule has 0 aromatic heterocycles. The average molecular weight is 223 g/mol. The van der Waals surface area contributed by atoms with Crippen molar-refractivity contribution in [3.05, 3.63) is 11.6 Å². The number of ether oxygens (including phenoxy) is 1. The first-order valence-corrected chi connectivity index (χ1v) is 6.85. The Labute approximate surface area is 99.4 Å². The molecule has 2 aliphatic rings. The third-order valence-electron chi connectivity index (χ3n) is 3.73. The average Bonchev–Trinajstić information content (AvgIpc) is 2.81. The van der Waals surface area contributed by atoms with Gasteiger partial charge in [-0.1, -0.05) is 18.1 Å². The first kappa shape index (κ1) is 12.1. The van der Waals surface area contributed by atoms with E-state index >= 15 is 0 Å². The molecule has 92 valence electrons. The fraction of sp³-hybridized carbons (Fsp3) is 0.857. The molecule has 2 aliphatic heterocycles. The Bertz CT molecular complexity index is 225. The highest BCUT2D eigenvalue weighted by atomic mass is 16.5. The highest BCUT2D eigenvalue weighted by molar-refractivity contribution is 5.02. The van der Waals surface area contributed by atoms with Crippen LogP contribution >= 0.6 is 0 Å². The molecule has 2 fully saturated rings. The van der Waals surface area contributed by atoms with Gasteiger partial charge in [0, 0.05) is 12.6 Å². The van der Waals surface area contributed by atoms with Crippen LogP contribution in [0.25, 0.3) is 0 Å². The Balaban J connectivity index is 1.68. The molecule has 0 aromatic rings. The zero-order valence-corrected chi connectivity index (χ0v) is 10.5. The molecule has 2 unspecified atom stereocenters. The summed E-state index contributed by atoms with van der Waals surface area (Å²) in [6.45, 7) is 4.46. The third-order valence-corrected chi connectivity index (χ3v) is 3.73. The number of piperidine rings is 1. The molecule has 2 nitrogen and oxygen atoms in total. The molecule has 2 rings (SSSR count). The van der Waals surface area contributed by atoms with E-state index in [1.165, 1.54) is 50.6 Å². The van der Waals surface area contributed by atoms with Gasteiger partial charge in [0.05, 0.1) is 6.10 Å². The summed E-state index contributed by atoms with van der Waals surface area (Å²) < 4.78 is 5.63. The van der Waals surface area contributed by atoms with Crippen molar-refractivity contribution < 1.29 is 4.74 Å². The van der Waals surface area contributed by atoms with E-state index in [0.29, 0.717) is 6.10 Å². The molecule has 0 saturated carbocycles. The maximum absolute atomic E-state index is 5.63. The van der Waals surface area contributed by atoms with Crippen molar-refractivity contribution in [1.82, 2.24) is 5.32 Å². The minimum absolute atomic E-state index is 0.509. The van der Waals surface area contributed by atoms with E-state index in [2.05, 4.69) is 18.3 Å². The molecule has 2 heterocycles. The Kier molecular flexibility index (Phi) is 4.86. The lowest BCUT2D eigenvalue weighted by Crippen LogP contribution is -2.34. The van der Waals surface area contributed by atoms with Crippen LogP contribution in [0.1, 0.15) is 51.9 Å². The van der Waals surface area contributed by atoms with E-state index in [1.807, 2.05) is 0 Å². The van der Waals surface area contributed by atoms with Crippen molar-refractivity contribution in [2.24, 2.45) is 0 Å². The molecule has 0 spiro atoms. The minimum atomic E-state index is 0.509. The van der Waals surface area contributed by atoms with Crippen molar-refractivity contribution in [2.75, 3.05) is 13.2 Å². The lowest BCUT2D eigenvalue weighted by molar-refractivity contribution is 0.113. The highest BCUT2D eigenvalue weighted by Crippen LogP contribution is 2.19. The van der Waals surface area contributed by atoms with E-state index in [1.54, 1.807) is 0 Å². The van der Waals surface area contributed by atoms with Gasteiger partial charge in [0.2, 0.25) is 0 Å². The second-order valence-corrected chi connectivity index (χ2v) is 5.27. The lowest BCUT2D eigenvalue weighted by Gasteiger charge is -2.23. The van der Waals surface area contributed by atoms with Crippen LogP contribution in [0.4, 0.5) is 0 Å². The second-order valence-electron chi connectivity index (χ2n) is 5.27. The summed E-state index contributed by atoms with van der Waals surface area (Å²) in [4.78, 5) is 0. The molecule has 2 atom stereocenters. The molecular formula is C14H25NO. The molecule has 0 radical (unpaired) electrons. The summed E-state index contributed by atoms with van der Waals surface area (Å²) >= 11 is 0. The van der Waals surface area contributed by atoms with Crippen molar-refractivity contribution in [1.29, 1.82) is 0 Å². The normalized spacial score (nSPS) is 31.9. The Morgan fingerprint density at radius 3 is 2.94 bits per heavy atom. The van der Waals surface area contributed by atoms with Crippen LogP contribution < -0.4 is 5.32 Å². The van der Waals surface area contributed by atoms with Gasteiger partial charge in [-0.2, -0.15) is 0 Å². The van der Waals surface area contributed by atoms with E-state index in [4.69, 9.17) is 4.74 Å². The first-order valence-electron chi connectivity index (χ1n) is 6.85. The van der Waals surface area contributed by atoms with Gasteiger partial charge in [-0.05, 0) is 52.0 Å². The van der Waals surface area contributed by atoms with Gasteiger partial charge < -0.3 is 10.1 Å². The fourth-order valence-electron chi connectivity index (χ4n) is 2.73. The minimum Gasteiger partial charge on any atom is -0.378 e. The first-order chi connectivity index (χ1) is 7.84. The zero-order valence-electron chi connectivity index (χ0n) is 10.5. The summed E-state index contributed by atoms with van der Waals surface area (Å²) in [5.41, 5.74) is 1.54. The van der Waals surface area contributed by atoms with Crippen molar-refractivity contribution >= 4 is 0 Å². The van der Waals surface area contributed by atoms with Crippen LogP contribution in [-0.2, 0) is 4.74 Å². The molecule has 0 amide bonds. The van der Waals surface area contributed by atoms with Crippen molar-refractivity contribution in [2.45, 2.75) is 64.0 Å². The van der Waals surface area contributed by atoms with Crippen LogP contribution in [0, 0.1) is 0 Å². The van der Waals surface area contributed by atoms with Crippen molar-refractivity contribution in [3.8, 4) is 0 Å². The molecule has 0 aliphatic carbocycles. The summed E-state index contributed by atoms with van der Waals surface area (Å²) in [5.74, 6) is 0. The number of nitrogens with one attached hydrogen (secondary N) is 1. The maximum atomic E-state index is 5.63. The molecule has 2 heteroatoms. The van der Waals surface area contributed by atoms with Crippen LogP contribution in [0.3, 0.4) is 0 Å². The summed E-state index contributed by atoms with van der Waals surface area (Å²) in [7, 11) is 0. The molecule has 2 saturated heterocycles. The topological polar surface area (TPSA) is 21.3 Å². The summed E-state index contributed by atoms with van der Waals surface area (Å²) in [6, 6.07) is 0.731. The lowest BCUT2D eigenvalue weighted by atomic mass is 9.97. The maximum Gasteiger partial charge on any atom is 0.0610 e. The van der Waals surface area contributed by atoms with Gasteiger partial charge in [-0.3, -0.25) is 0 Å². The van der Waals surface area contributed by atoms with Gasteiger partial charge in [0.1, 0.15) is 0 Å². The van der Waals surface area contributed by atoms with Gasteiger partial charge >= 0.3 is 0 Å². The standard InChI is InChI=1S/C14H25NO/c1-12(7-8-14-6-4-10-16-14)11-13-5-2-3-9-15-13/h7,13-15H,2-6,8-11H2,1H3. The SMILES string of the molecule is CC(=CCC1CCCO1)CC1CCCCN1. The van der Waals surface area contributed by atoms with Crippen LogP contribution in [-0.4, -0.2) is 25.3 Å². The molecule has 0 aromatic carbocycles. The Morgan fingerprint density at radius 2 is 2.25 bits per heavy atom. The second kappa shape index (κ2) is 6.41. The summed E-state index contributed by atoms with van der Waals surface area (Å²) in [5, 5.41) is 3.61. The van der Waals surface area contributed by atoms with Crippen molar-refractivity contribution in [3.63, 3.8) is 0 Å². The molecule has 16 heavy (non-hydrogen) atoms. The molecular weight excluding hydrogens is 198 g/mol. The highest BCUT2D eigenvalue weighted by Gasteiger charge is 2.15. The Morgan fingerprint density at radius 1 is 1.31 bits per heavy atom. The van der Waals surface area contributed by atoms with E-state index in [9.17, 15) is 0 Å². The van der Waals surface area contributed by atoms with E-state index in [-0.39, 0.29) is 0 Å².